The van der Waals surface area contributed by atoms with Gasteiger partial charge in [0, 0.05) is 19.6 Å². The molecule has 3 aromatic rings. The van der Waals surface area contributed by atoms with Gasteiger partial charge in [0.15, 0.2) is 5.82 Å². The standard InChI is InChI=1S/C22H21ClF3N5O2/c1-14-5-7-15(8-6-14)31(33)30-17-4-2-3-16(23)18(17)19(27-30)29-12-11-28(13-21(29)9-10-21)20(32)22(24,25)26/h2-8,33H,9-13H2,1H3. The summed E-state index contributed by atoms with van der Waals surface area (Å²) in [7, 11) is 0. The van der Waals surface area contributed by atoms with Gasteiger partial charge in [-0.05, 0) is 44.0 Å². The highest BCUT2D eigenvalue weighted by Crippen LogP contribution is 2.49. The third kappa shape index (κ3) is 3.67. The zero-order chi connectivity index (χ0) is 23.5. The highest BCUT2D eigenvalue weighted by atomic mass is 35.5. The van der Waals surface area contributed by atoms with Crippen molar-refractivity contribution in [1.82, 2.24) is 14.8 Å². The van der Waals surface area contributed by atoms with Crippen molar-refractivity contribution in [1.29, 1.82) is 0 Å². The number of alkyl halides is 3. The van der Waals surface area contributed by atoms with Crippen molar-refractivity contribution in [3.63, 3.8) is 0 Å². The molecule has 5 rings (SSSR count). The zero-order valence-electron chi connectivity index (χ0n) is 17.7. The molecule has 174 valence electrons. The number of hydrogen-bond donors (Lipinski definition) is 1. The minimum absolute atomic E-state index is 0.0368. The van der Waals surface area contributed by atoms with Gasteiger partial charge in [0.05, 0.1) is 27.2 Å². The second kappa shape index (κ2) is 7.53. The molecular formula is C22H21ClF3N5O2. The summed E-state index contributed by atoms with van der Waals surface area (Å²) in [6.07, 6.45) is -3.64. The SMILES string of the molecule is Cc1ccc(N(O)n2nc(N3CCN(C(=O)C(F)(F)F)CC34CC4)c3c(Cl)cccc32)cc1. The van der Waals surface area contributed by atoms with Crippen LogP contribution in [0.2, 0.25) is 5.02 Å². The molecule has 1 spiro atoms. The highest BCUT2D eigenvalue weighted by Gasteiger charge is 2.56. The van der Waals surface area contributed by atoms with E-state index >= 15 is 0 Å². The van der Waals surface area contributed by atoms with Gasteiger partial charge in [-0.25, -0.2) is 0 Å². The predicted molar refractivity (Wildman–Crippen MR) is 118 cm³/mol. The highest BCUT2D eigenvalue weighted by molar-refractivity contribution is 6.36. The van der Waals surface area contributed by atoms with Gasteiger partial charge in [-0.2, -0.15) is 13.2 Å². The normalized spacial score (nSPS) is 17.6. The molecule has 2 aliphatic rings. The Balaban J connectivity index is 1.54. The molecule has 2 fully saturated rings. The Kier molecular flexibility index (Phi) is 4.98. The Morgan fingerprint density at radius 2 is 1.85 bits per heavy atom. The number of aryl methyl sites for hydroxylation is 1. The number of aromatic nitrogens is 2. The molecule has 0 atom stereocenters. The van der Waals surface area contributed by atoms with Crippen molar-refractivity contribution >= 4 is 39.9 Å². The van der Waals surface area contributed by atoms with Crippen LogP contribution < -0.4 is 10.1 Å². The molecule has 0 unspecified atom stereocenters. The fourth-order valence-electron chi connectivity index (χ4n) is 4.45. The van der Waals surface area contributed by atoms with Crippen molar-refractivity contribution < 1.29 is 23.2 Å². The van der Waals surface area contributed by atoms with Crippen molar-refractivity contribution in [2.24, 2.45) is 0 Å². The van der Waals surface area contributed by atoms with E-state index in [4.69, 9.17) is 11.6 Å². The summed E-state index contributed by atoms with van der Waals surface area (Å²) in [5.41, 5.74) is 1.43. The number of carbonyl (C=O) groups is 1. The lowest BCUT2D eigenvalue weighted by Gasteiger charge is -2.42. The predicted octanol–water partition coefficient (Wildman–Crippen LogP) is 4.40. The molecule has 1 aliphatic carbocycles. The van der Waals surface area contributed by atoms with Crippen LogP contribution in [0.1, 0.15) is 18.4 Å². The zero-order valence-corrected chi connectivity index (χ0v) is 18.4. The summed E-state index contributed by atoms with van der Waals surface area (Å²) in [6, 6.07) is 12.4. The van der Waals surface area contributed by atoms with Crippen LogP contribution in [0.5, 0.6) is 0 Å². The van der Waals surface area contributed by atoms with E-state index in [1.165, 1.54) is 4.79 Å². The number of hydrogen-bond acceptors (Lipinski definition) is 5. The van der Waals surface area contributed by atoms with Crippen molar-refractivity contribution in [3.8, 4) is 0 Å². The summed E-state index contributed by atoms with van der Waals surface area (Å²) < 4.78 is 39.0. The maximum Gasteiger partial charge on any atom is 0.471 e. The third-order valence-electron chi connectivity index (χ3n) is 6.33. The molecule has 0 radical (unpaired) electrons. The summed E-state index contributed by atoms with van der Waals surface area (Å²) in [5, 5.41) is 17.5. The molecule has 0 bridgehead atoms. The van der Waals surface area contributed by atoms with E-state index in [0.717, 1.165) is 15.6 Å². The number of benzene rings is 2. The van der Waals surface area contributed by atoms with Crippen LogP contribution in [0, 0.1) is 6.92 Å². The van der Waals surface area contributed by atoms with Gasteiger partial charge in [0.25, 0.3) is 0 Å². The average Bonchev–Trinajstić information content (AvgIpc) is 3.42. The van der Waals surface area contributed by atoms with Crippen molar-refractivity contribution in [2.75, 3.05) is 29.7 Å². The molecule has 7 nitrogen and oxygen atoms in total. The Morgan fingerprint density at radius 3 is 2.48 bits per heavy atom. The van der Waals surface area contributed by atoms with E-state index in [1.54, 1.807) is 30.3 Å². The Morgan fingerprint density at radius 1 is 1.15 bits per heavy atom. The number of amides is 1. The fourth-order valence-corrected chi connectivity index (χ4v) is 4.70. The maximum atomic E-state index is 13.0. The van der Waals surface area contributed by atoms with Crippen LogP contribution in [0.4, 0.5) is 24.7 Å². The van der Waals surface area contributed by atoms with E-state index in [9.17, 15) is 23.2 Å². The van der Waals surface area contributed by atoms with Gasteiger partial charge in [-0.3, -0.25) is 10.0 Å². The van der Waals surface area contributed by atoms with E-state index < -0.39 is 17.6 Å². The lowest BCUT2D eigenvalue weighted by atomic mass is 10.1. The molecule has 1 saturated carbocycles. The molecule has 2 heterocycles. The number of nitrogens with zero attached hydrogens (tertiary/aromatic N) is 5. The number of anilines is 2. The summed E-state index contributed by atoms with van der Waals surface area (Å²) in [5.74, 6) is -1.35. The van der Waals surface area contributed by atoms with Crippen molar-refractivity contribution in [2.45, 2.75) is 31.5 Å². The number of carbonyl (C=O) groups excluding carboxylic acids is 1. The first kappa shape index (κ1) is 21.8. The van der Waals surface area contributed by atoms with Crippen LogP contribution in [0.25, 0.3) is 10.9 Å². The van der Waals surface area contributed by atoms with Gasteiger partial charge in [0.2, 0.25) is 0 Å². The molecule has 1 aliphatic heterocycles. The van der Waals surface area contributed by atoms with E-state index in [0.29, 0.717) is 40.3 Å². The topological polar surface area (TPSA) is 64.8 Å². The smallest absolute Gasteiger partial charge is 0.345 e. The fraction of sp³-hybridized carbons (Fsp3) is 0.364. The summed E-state index contributed by atoms with van der Waals surface area (Å²) in [6.45, 7) is 1.99. The molecule has 1 aromatic heterocycles. The summed E-state index contributed by atoms with van der Waals surface area (Å²) in [4.78, 5) is 15.9. The second-order valence-corrected chi connectivity index (χ2v) is 8.98. The number of fused-ring (bicyclic) bond motifs is 1. The van der Waals surface area contributed by atoms with E-state index in [2.05, 4.69) is 5.10 Å². The number of piperazine rings is 1. The molecular weight excluding hydrogens is 459 g/mol. The first-order valence-corrected chi connectivity index (χ1v) is 10.9. The van der Waals surface area contributed by atoms with E-state index in [1.807, 2.05) is 24.0 Å². The Hall–Kier alpha value is -2.98. The first-order chi connectivity index (χ1) is 15.6. The molecule has 1 saturated heterocycles. The largest absolute Gasteiger partial charge is 0.471 e. The lowest BCUT2D eigenvalue weighted by Crippen LogP contribution is -2.59. The maximum absolute atomic E-state index is 13.0. The van der Waals surface area contributed by atoms with Gasteiger partial charge in [0.1, 0.15) is 0 Å². The van der Waals surface area contributed by atoms with Crippen LogP contribution in [-0.4, -0.2) is 57.3 Å². The van der Waals surface area contributed by atoms with Gasteiger partial charge in [-0.1, -0.05) is 35.4 Å². The van der Waals surface area contributed by atoms with E-state index in [-0.39, 0.29) is 19.6 Å². The Labute approximate surface area is 192 Å². The lowest BCUT2D eigenvalue weighted by molar-refractivity contribution is -0.186. The first-order valence-electron chi connectivity index (χ1n) is 10.5. The molecule has 11 heteroatoms. The second-order valence-electron chi connectivity index (χ2n) is 8.57. The molecule has 1 N–H and O–H groups in total. The monoisotopic (exact) mass is 479 g/mol. The third-order valence-corrected chi connectivity index (χ3v) is 6.64. The van der Waals surface area contributed by atoms with Gasteiger partial charge in [-0.15, -0.1) is 15.1 Å². The van der Waals surface area contributed by atoms with Gasteiger partial charge >= 0.3 is 12.1 Å². The summed E-state index contributed by atoms with van der Waals surface area (Å²) >= 11 is 6.53. The van der Waals surface area contributed by atoms with Crippen LogP contribution in [0.3, 0.4) is 0 Å². The number of halogens is 4. The quantitative estimate of drug-likeness (QED) is 0.564. The van der Waals surface area contributed by atoms with Crippen molar-refractivity contribution in [3.05, 3.63) is 53.1 Å². The van der Waals surface area contributed by atoms with Crippen LogP contribution >= 0.6 is 11.6 Å². The van der Waals surface area contributed by atoms with Crippen LogP contribution in [-0.2, 0) is 4.79 Å². The van der Waals surface area contributed by atoms with Crippen LogP contribution in [0.15, 0.2) is 42.5 Å². The number of rotatable bonds is 3. The molecule has 33 heavy (non-hydrogen) atoms. The molecule has 2 aromatic carbocycles. The molecule has 1 amide bonds. The minimum atomic E-state index is -4.90. The Bertz CT molecular complexity index is 1220. The average molecular weight is 480 g/mol. The minimum Gasteiger partial charge on any atom is -0.345 e. The van der Waals surface area contributed by atoms with Gasteiger partial charge < -0.3 is 9.80 Å².